The first-order valence-electron chi connectivity index (χ1n) is 9.53. The van der Waals surface area contributed by atoms with Crippen LogP contribution in [0.3, 0.4) is 0 Å². The fraction of sp³-hybridized carbons (Fsp3) is 0.947. The lowest BCUT2D eigenvalue weighted by atomic mass is 9.87. The zero-order valence-corrected chi connectivity index (χ0v) is 14.5. The molecule has 0 aromatic carbocycles. The molecule has 0 radical (unpaired) electrons. The van der Waals surface area contributed by atoms with E-state index >= 15 is 0 Å². The smallest absolute Gasteiger partial charge is 0.303 e. The molecule has 1 aliphatic carbocycles. The zero-order chi connectivity index (χ0) is 16.0. The molecule has 0 amide bonds. The molecule has 3 heteroatoms. The second-order valence-electron chi connectivity index (χ2n) is 6.91. The van der Waals surface area contributed by atoms with Crippen molar-refractivity contribution in [2.45, 2.75) is 90.4 Å². The fourth-order valence-electron chi connectivity index (χ4n) is 3.77. The van der Waals surface area contributed by atoms with Gasteiger partial charge in [0.25, 0.3) is 0 Å². The summed E-state index contributed by atoms with van der Waals surface area (Å²) in [5, 5.41) is 8.62. The molecule has 0 heterocycles. The van der Waals surface area contributed by atoms with Crippen molar-refractivity contribution in [3.8, 4) is 0 Å². The summed E-state index contributed by atoms with van der Waals surface area (Å²) in [6.07, 6.45) is 15.5. The van der Waals surface area contributed by atoms with Gasteiger partial charge in [0.2, 0.25) is 0 Å². The van der Waals surface area contributed by atoms with Crippen LogP contribution in [0.15, 0.2) is 0 Å². The predicted octanol–water partition coefficient (Wildman–Crippen LogP) is 5.42. The number of ether oxygens (including phenoxy) is 1. The maximum atomic E-state index is 10.5. The molecule has 1 fully saturated rings. The molecule has 3 nitrogen and oxygen atoms in total. The van der Waals surface area contributed by atoms with E-state index in [4.69, 9.17) is 9.84 Å². The first-order chi connectivity index (χ1) is 10.7. The first-order valence-corrected chi connectivity index (χ1v) is 9.53. The maximum Gasteiger partial charge on any atom is 0.303 e. The molecular formula is C19H36O3. The standard InChI is InChI=1S/C19H36O3/c1-2-15-22-16-8-7-11-18-13-9-12-17(18)10-5-3-4-6-14-19(20)21/h17-18H,2-16H2,1H3,(H,20,21)/t17-,18-/m0/s1. The Hall–Kier alpha value is -0.570. The van der Waals surface area contributed by atoms with Gasteiger partial charge in [-0.05, 0) is 31.1 Å². The van der Waals surface area contributed by atoms with E-state index in [9.17, 15) is 4.79 Å². The van der Waals surface area contributed by atoms with Crippen molar-refractivity contribution < 1.29 is 14.6 Å². The van der Waals surface area contributed by atoms with Crippen LogP contribution < -0.4 is 0 Å². The Labute approximate surface area is 136 Å². The summed E-state index contributed by atoms with van der Waals surface area (Å²) >= 11 is 0. The second-order valence-corrected chi connectivity index (χ2v) is 6.91. The zero-order valence-electron chi connectivity index (χ0n) is 14.5. The van der Waals surface area contributed by atoms with Crippen molar-refractivity contribution in [3.63, 3.8) is 0 Å². The number of carboxylic acid groups (broad SMARTS) is 1. The summed E-state index contributed by atoms with van der Waals surface area (Å²) in [6, 6.07) is 0. The normalized spacial score (nSPS) is 21.3. The van der Waals surface area contributed by atoms with Crippen LogP contribution >= 0.6 is 0 Å². The molecule has 0 aromatic heterocycles. The molecule has 1 rings (SSSR count). The minimum atomic E-state index is -0.654. The van der Waals surface area contributed by atoms with Crippen LogP contribution in [0, 0.1) is 11.8 Å². The molecule has 22 heavy (non-hydrogen) atoms. The molecule has 0 spiro atoms. The van der Waals surface area contributed by atoms with Crippen molar-refractivity contribution in [1.82, 2.24) is 0 Å². The van der Waals surface area contributed by atoms with E-state index in [0.29, 0.717) is 6.42 Å². The average molecular weight is 312 g/mol. The van der Waals surface area contributed by atoms with Crippen LogP contribution in [0.25, 0.3) is 0 Å². The Kier molecular flexibility index (Phi) is 11.4. The topological polar surface area (TPSA) is 46.5 Å². The highest BCUT2D eigenvalue weighted by molar-refractivity contribution is 5.66. The lowest BCUT2D eigenvalue weighted by Crippen LogP contribution is -2.08. The molecule has 1 aliphatic rings. The van der Waals surface area contributed by atoms with Crippen LogP contribution in [0.1, 0.15) is 90.4 Å². The van der Waals surface area contributed by atoms with Gasteiger partial charge in [-0.15, -0.1) is 0 Å². The van der Waals surface area contributed by atoms with Gasteiger partial charge in [0.05, 0.1) is 0 Å². The minimum Gasteiger partial charge on any atom is -0.481 e. The lowest BCUT2D eigenvalue weighted by Gasteiger charge is -2.19. The molecule has 1 saturated carbocycles. The van der Waals surface area contributed by atoms with Gasteiger partial charge >= 0.3 is 5.97 Å². The molecule has 0 bridgehead atoms. The number of unbranched alkanes of at least 4 members (excludes halogenated alkanes) is 4. The van der Waals surface area contributed by atoms with E-state index in [1.807, 2.05) is 0 Å². The largest absolute Gasteiger partial charge is 0.481 e. The van der Waals surface area contributed by atoms with Gasteiger partial charge in [-0.25, -0.2) is 0 Å². The maximum absolute atomic E-state index is 10.5. The van der Waals surface area contributed by atoms with E-state index in [-0.39, 0.29) is 0 Å². The van der Waals surface area contributed by atoms with Crippen molar-refractivity contribution in [2.75, 3.05) is 13.2 Å². The minimum absolute atomic E-state index is 0.339. The van der Waals surface area contributed by atoms with E-state index in [1.54, 1.807) is 0 Å². The van der Waals surface area contributed by atoms with Gasteiger partial charge in [-0.2, -0.15) is 0 Å². The van der Waals surface area contributed by atoms with Gasteiger partial charge < -0.3 is 9.84 Å². The molecule has 0 saturated heterocycles. The molecule has 130 valence electrons. The molecule has 1 N–H and O–H groups in total. The second kappa shape index (κ2) is 12.9. The monoisotopic (exact) mass is 312 g/mol. The number of hydrogen-bond donors (Lipinski definition) is 1. The molecule has 0 unspecified atom stereocenters. The van der Waals surface area contributed by atoms with E-state index in [0.717, 1.165) is 44.3 Å². The molecular weight excluding hydrogens is 276 g/mol. The van der Waals surface area contributed by atoms with E-state index in [2.05, 4.69) is 6.92 Å². The Morgan fingerprint density at radius 3 is 2.23 bits per heavy atom. The van der Waals surface area contributed by atoms with Gasteiger partial charge in [0, 0.05) is 19.6 Å². The van der Waals surface area contributed by atoms with Crippen LogP contribution in [-0.4, -0.2) is 24.3 Å². The Morgan fingerprint density at radius 1 is 0.955 bits per heavy atom. The summed E-state index contributed by atoms with van der Waals surface area (Å²) < 4.78 is 5.55. The van der Waals surface area contributed by atoms with Crippen molar-refractivity contribution >= 4 is 5.97 Å². The highest BCUT2D eigenvalue weighted by atomic mass is 16.5. The summed E-state index contributed by atoms with van der Waals surface area (Å²) in [6.45, 7) is 4.01. The Balaban J connectivity index is 1.99. The summed E-state index contributed by atoms with van der Waals surface area (Å²) in [7, 11) is 0. The van der Waals surface area contributed by atoms with Gasteiger partial charge in [-0.1, -0.05) is 64.7 Å². The summed E-state index contributed by atoms with van der Waals surface area (Å²) in [4.78, 5) is 10.5. The third-order valence-electron chi connectivity index (χ3n) is 4.99. The van der Waals surface area contributed by atoms with Gasteiger partial charge in [-0.3, -0.25) is 4.79 Å². The van der Waals surface area contributed by atoms with Crippen LogP contribution in [0.2, 0.25) is 0 Å². The number of rotatable bonds is 14. The summed E-state index contributed by atoms with van der Waals surface area (Å²) in [5.41, 5.74) is 0. The number of carboxylic acids is 1. The number of carbonyl (C=O) groups is 1. The third-order valence-corrected chi connectivity index (χ3v) is 4.99. The molecule has 2 atom stereocenters. The quantitative estimate of drug-likeness (QED) is 0.435. The Bertz CT molecular complexity index is 278. The predicted molar refractivity (Wildman–Crippen MR) is 91.1 cm³/mol. The van der Waals surface area contributed by atoms with Gasteiger partial charge in [0.1, 0.15) is 0 Å². The highest BCUT2D eigenvalue weighted by Gasteiger charge is 2.25. The van der Waals surface area contributed by atoms with Crippen molar-refractivity contribution in [1.29, 1.82) is 0 Å². The fourth-order valence-corrected chi connectivity index (χ4v) is 3.77. The highest BCUT2D eigenvalue weighted by Crippen LogP contribution is 2.38. The summed E-state index contributed by atoms with van der Waals surface area (Å²) in [5.74, 6) is 1.24. The lowest BCUT2D eigenvalue weighted by molar-refractivity contribution is -0.137. The Morgan fingerprint density at radius 2 is 1.59 bits per heavy atom. The SMILES string of the molecule is CCCOCCCC[C@H]1CCC[C@@H]1CCCCCCC(=O)O. The van der Waals surface area contributed by atoms with Crippen LogP contribution in [0.4, 0.5) is 0 Å². The van der Waals surface area contributed by atoms with Gasteiger partial charge in [0.15, 0.2) is 0 Å². The molecule has 0 aromatic rings. The van der Waals surface area contributed by atoms with E-state index < -0.39 is 5.97 Å². The van der Waals surface area contributed by atoms with E-state index in [1.165, 1.54) is 57.8 Å². The first kappa shape index (κ1) is 19.5. The van der Waals surface area contributed by atoms with Crippen molar-refractivity contribution in [2.24, 2.45) is 11.8 Å². The van der Waals surface area contributed by atoms with Crippen molar-refractivity contribution in [3.05, 3.63) is 0 Å². The van der Waals surface area contributed by atoms with Crippen LogP contribution in [-0.2, 0) is 9.53 Å². The number of hydrogen-bond acceptors (Lipinski definition) is 2. The number of aliphatic carboxylic acids is 1. The third kappa shape index (κ3) is 9.45. The average Bonchev–Trinajstić information content (AvgIpc) is 2.93. The molecule has 0 aliphatic heterocycles. The van der Waals surface area contributed by atoms with Crippen LogP contribution in [0.5, 0.6) is 0 Å².